The molecule has 4 bridgehead atoms. The Morgan fingerprint density at radius 2 is 1.79 bits per heavy atom. The Morgan fingerprint density at radius 3 is 2.41 bits per heavy atom. The maximum Gasteiger partial charge on any atom is 0.573 e. The molecule has 0 atom stereocenters. The maximum absolute atomic E-state index is 12.7. The van der Waals surface area contributed by atoms with Crippen LogP contribution in [0.3, 0.4) is 0 Å². The van der Waals surface area contributed by atoms with Gasteiger partial charge in [-0.25, -0.2) is 0 Å². The molecule has 0 aliphatic heterocycles. The van der Waals surface area contributed by atoms with Crippen molar-refractivity contribution in [2.24, 2.45) is 17.8 Å². The molecular formula is C20H21BrF3N3O2. The zero-order valence-electron chi connectivity index (χ0n) is 15.6. The number of rotatable bonds is 5. The van der Waals surface area contributed by atoms with Crippen LogP contribution in [0, 0.1) is 17.8 Å². The minimum absolute atomic E-state index is 0.0825. The second kappa shape index (κ2) is 6.97. The van der Waals surface area contributed by atoms with E-state index < -0.39 is 6.36 Å². The first kappa shape index (κ1) is 19.4. The van der Waals surface area contributed by atoms with E-state index in [-0.39, 0.29) is 22.7 Å². The van der Waals surface area contributed by atoms with E-state index in [0.29, 0.717) is 16.9 Å². The molecule has 1 aromatic carbocycles. The normalized spacial score (nSPS) is 30.7. The van der Waals surface area contributed by atoms with Gasteiger partial charge in [-0.05, 0) is 74.5 Å². The summed E-state index contributed by atoms with van der Waals surface area (Å²) in [5, 5.41) is 7.54. The van der Waals surface area contributed by atoms with Gasteiger partial charge in [0, 0.05) is 10.0 Å². The van der Waals surface area contributed by atoms with Gasteiger partial charge in [0.25, 0.3) is 0 Å². The number of aromatic nitrogens is 2. The number of nitrogens with one attached hydrogen (secondary N) is 1. The molecule has 4 fully saturated rings. The van der Waals surface area contributed by atoms with Crippen LogP contribution in [-0.2, 0) is 6.54 Å². The van der Waals surface area contributed by atoms with Gasteiger partial charge >= 0.3 is 6.36 Å². The van der Waals surface area contributed by atoms with Crippen molar-refractivity contribution < 1.29 is 22.4 Å². The molecule has 0 radical (unpaired) electrons. The first-order valence-electron chi connectivity index (χ1n) is 9.90. The first-order chi connectivity index (χ1) is 13.8. The van der Waals surface area contributed by atoms with Crippen LogP contribution in [0.25, 0.3) is 11.4 Å². The highest BCUT2D eigenvalue weighted by atomic mass is 79.9. The molecule has 29 heavy (non-hydrogen) atoms. The highest BCUT2D eigenvalue weighted by Crippen LogP contribution is 2.55. The molecule has 6 rings (SSSR count). The number of hydrogen-bond donors (Lipinski definition) is 1. The summed E-state index contributed by atoms with van der Waals surface area (Å²) in [6.07, 6.45) is 2.84. The topological polar surface area (TPSA) is 60.2 Å². The lowest BCUT2D eigenvalue weighted by molar-refractivity contribution is -0.274. The molecule has 4 saturated carbocycles. The minimum atomic E-state index is -4.80. The van der Waals surface area contributed by atoms with Gasteiger partial charge in [0.2, 0.25) is 11.7 Å². The second-order valence-corrected chi connectivity index (χ2v) is 9.67. The maximum atomic E-state index is 12.7. The smallest absolute Gasteiger partial charge is 0.405 e. The molecule has 156 valence electrons. The van der Waals surface area contributed by atoms with Gasteiger partial charge in [0.15, 0.2) is 0 Å². The predicted octanol–water partition coefficient (Wildman–Crippen LogP) is 5.46. The molecule has 2 aromatic rings. The van der Waals surface area contributed by atoms with Gasteiger partial charge in [0.05, 0.1) is 12.1 Å². The number of alkyl halides is 3. The lowest BCUT2D eigenvalue weighted by Crippen LogP contribution is -2.58. The van der Waals surface area contributed by atoms with E-state index in [9.17, 15) is 13.2 Å². The number of nitrogens with zero attached hydrogens (tertiary/aromatic N) is 2. The van der Waals surface area contributed by atoms with Gasteiger partial charge in [0.1, 0.15) is 5.75 Å². The second-order valence-electron chi connectivity index (χ2n) is 8.75. The minimum Gasteiger partial charge on any atom is -0.405 e. The highest BCUT2D eigenvalue weighted by Gasteiger charge is 2.50. The Balaban J connectivity index is 1.32. The fraction of sp³-hybridized carbons (Fsp3) is 0.600. The molecule has 0 unspecified atom stereocenters. The zero-order chi connectivity index (χ0) is 20.2. The molecule has 5 nitrogen and oxygen atoms in total. The summed E-state index contributed by atoms with van der Waals surface area (Å²) < 4.78 is 48.2. The number of halogens is 4. The third-order valence-electron chi connectivity index (χ3n) is 6.53. The molecule has 4 aliphatic carbocycles. The molecule has 0 saturated heterocycles. The van der Waals surface area contributed by atoms with Crippen LogP contribution in [0.2, 0.25) is 0 Å². The Labute approximate surface area is 174 Å². The van der Waals surface area contributed by atoms with E-state index >= 15 is 0 Å². The van der Waals surface area contributed by atoms with Crippen molar-refractivity contribution in [2.75, 3.05) is 0 Å². The largest absolute Gasteiger partial charge is 0.573 e. The van der Waals surface area contributed by atoms with Gasteiger partial charge in [-0.2, -0.15) is 4.98 Å². The van der Waals surface area contributed by atoms with E-state index in [1.807, 2.05) is 0 Å². The van der Waals surface area contributed by atoms with Crippen molar-refractivity contribution in [2.45, 2.75) is 57.0 Å². The van der Waals surface area contributed by atoms with Crippen molar-refractivity contribution >= 4 is 15.9 Å². The Hall–Kier alpha value is -1.61. The van der Waals surface area contributed by atoms with Crippen LogP contribution < -0.4 is 10.1 Å². The fourth-order valence-electron chi connectivity index (χ4n) is 5.92. The quantitative estimate of drug-likeness (QED) is 0.627. The highest BCUT2D eigenvalue weighted by molar-refractivity contribution is 9.10. The van der Waals surface area contributed by atoms with Crippen LogP contribution in [0.5, 0.6) is 5.75 Å². The number of hydrogen-bond acceptors (Lipinski definition) is 5. The van der Waals surface area contributed by atoms with Crippen molar-refractivity contribution in [3.05, 3.63) is 28.6 Å². The average Bonchev–Trinajstić information content (AvgIpc) is 3.06. The summed E-state index contributed by atoms with van der Waals surface area (Å²) in [5.41, 5.74) is 0.279. The summed E-state index contributed by atoms with van der Waals surface area (Å²) in [6, 6.07) is 4.33. The summed E-state index contributed by atoms with van der Waals surface area (Å²) in [6.45, 7) is 0.422. The fourth-order valence-corrected chi connectivity index (χ4v) is 6.26. The first-order valence-corrected chi connectivity index (χ1v) is 10.7. The number of ether oxygens (including phenoxy) is 1. The predicted molar refractivity (Wildman–Crippen MR) is 102 cm³/mol. The Kier molecular flexibility index (Phi) is 4.66. The van der Waals surface area contributed by atoms with Crippen LogP contribution >= 0.6 is 15.9 Å². The number of benzene rings is 1. The monoisotopic (exact) mass is 471 g/mol. The van der Waals surface area contributed by atoms with Crippen LogP contribution in [0.4, 0.5) is 13.2 Å². The third kappa shape index (κ3) is 4.03. The molecule has 1 aromatic heterocycles. The summed E-state index contributed by atoms with van der Waals surface area (Å²) in [4.78, 5) is 4.31. The van der Waals surface area contributed by atoms with Gasteiger partial charge in [-0.3, -0.25) is 0 Å². The Bertz CT molecular complexity index is 879. The van der Waals surface area contributed by atoms with Crippen LogP contribution in [0.15, 0.2) is 27.2 Å². The van der Waals surface area contributed by atoms with Gasteiger partial charge in [-0.15, -0.1) is 13.2 Å². The van der Waals surface area contributed by atoms with E-state index in [2.05, 4.69) is 36.1 Å². The molecule has 4 aliphatic rings. The van der Waals surface area contributed by atoms with Crippen LogP contribution in [-0.4, -0.2) is 22.0 Å². The van der Waals surface area contributed by atoms with E-state index in [4.69, 9.17) is 4.52 Å². The third-order valence-corrected chi connectivity index (χ3v) is 7.02. The van der Waals surface area contributed by atoms with Gasteiger partial charge in [-0.1, -0.05) is 21.1 Å². The van der Waals surface area contributed by atoms with Crippen LogP contribution in [0.1, 0.15) is 44.4 Å². The Morgan fingerprint density at radius 1 is 1.14 bits per heavy atom. The summed E-state index contributed by atoms with van der Waals surface area (Å²) in [7, 11) is 0. The van der Waals surface area contributed by atoms with Crippen molar-refractivity contribution in [3.63, 3.8) is 0 Å². The van der Waals surface area contributed by atoms with Crippen molar-refractivity contribution in [3.8, 4) is 17.1 Å². The average molecular weight is 472 g/mol. The summed E-state index contributed by atoms with van der Waals surface area (Å²) in [5.74, 6) is 2.54. The summed E-state index contributed by atoms with van der Waals surface area (Å²) >= 11 is 3.16. The SMILES string of the molecule is FC(F)(F)Oc1cc(Br)ccc1-c1noc(CNC23CC4CC(CC(C4)C2)C3)n1. The van der Waals surface area contributed by atoms with E-state index in [1.165, 1.54) is 50.7 Å². The molecule has 0 spiro atoms. The van der Waals surface area contributed by atoms with E-state index in [0.717, 1.165) is 17.8 Å². The van der Waals surface area contributed by atoms with Crippen molar-refractivity contribution in [1.82, 2.24) is 15.5 Å². The lowest BCUT2D eigenvalue weighted by Gasteiger charge is -2.57. The van der Waals surface area contributed by atoms with Crippen molar-refractivity contribution in [1.29, 1.82) is 0 Å². The molecule has 1 heterocycles. The van der Waals surface area contributed by atoms with E-state index in [1.54, 1.807) is 6.07 Å². The zero-order valence-corrected chi connectivity index (χ0v) is 17.2. The molecule has 9 heteroatoms. The molecule has 0 amide bonds. The molecular weight excluding hydrogens is 451 g/mol. The lowest BCUT2D eigenvalue weighted by atomic mass is 9.53. The standard InChI is InChI=1S/C20H21BrF3N3O2/c21-14-1-2-15(16(6-14)28-20(22,23)24)18-26-17(29-27-18)10-25-19-7-11-3-12(8-19)5-13(4-11)9-19/h1-2,6,11-13,25H,3-5,7-10H2. The van der Waals surface area contributed by atoms with Gasteiger partial charge < -0.3 is 14.6 Å². The molecule has 1 N–H and O–H groups in total.